The molecule has 0 saturated carbocycles. The van der Waals surface area contributed by atoms with Crippen molar-refractivity contribution in [3.05, 3.63) is 30.1 Å². The zero-order valence-electron chi connectivity index (χ0n) is 9.29. The molecule has 0 spiro atoms. The Balaban J connectivity index is 2.17. The molecule has 0 radical (unpaired) electrons. The molecule has 0 bridgehead atoms. The first-order valence-electron chi connectivity index (χ1n) is 5.11. The summed E-state index contributed by atoms with van der Waals surface area (Å²) in [5.74, 6) is 0. The van der Waals surface area contributed by atoms with E-state index in [1.807, 2.05) is 12.4 Å². The van der Waals surface area contributed by atoms with Crippen LogP contribution in [0.25, 0.3) is 0 Å². The number of pyridine rings is 1. The van der Waals surface area contributed by atoms with Crippen LogP contribution in [-0.2, 0) is 11.2 Å². The summed E-state index contributed by atoms with van der Waals surface area (Å²) in [7, 11) is 0. The summed E-state index contributed by atoms with van der Waals surface area (Å²) >= 11 is 0. The van der Waals surface area contributed by atoms with Gasteiger partial charge in [0, 0.05) is 19.0 Å². The lowest BCUT2D eigenvalue weighted by Gasteiger charge is -2.19. The van der Waals surface area contributed by atoms with Gasteiger partial charge in [0.25, 0.3) is 0 Å². The molecule has 0 amide bonds. The molecular formula is C12H19NO. The molecule has 0 aromatic carbocycles. The average Bonchev–Trinajstić information content (AvgIpc) is 2.13. The number of aryl methyl sites for hydroxylation is 1. The summed E-state index contributed by atoms with van der Waals surface area (Å²) in [5.41, 5.74) is 1.32. The van der Waals surface area contributed by atoms with Crippen molar-refractivity contribution in [2.45, 2.75) is 39.2 Å². The molecule has 78 valence electrons. The van der Waals surface area contributed by atoms with Crippen molar-refractivity contribution >= 4 is 0 Å². The molecule has 0 fully saturated rings. The molecule has 2 heteroatoms. The van der Waals surface area contributed by atoms with Gasteiger partial charge in [0.1, 0.15) is 0 Å². The van der Waals surface area contributed by atoms with Crippen LogP contribution in [0, 0.1) is 0 Å². The highest BCUT2D eigenvalue weighted by molar-refractivity contribution is 5.09. The van der Waals surface area contributed by atoms with Crippen LogP contribution in [0.2, 0.25) is 0 Å². The number of hydrogen-bond donors (Lipinski definition) is 0. The molecule has 0 saturated heterocycles. The van der Waals surface area contributed by atoms with Crippen LogP contribution in [0.3, 0.4) is 0 Å². The number of rotatable bonds is 4. The molecule has 0 unspecified atom stereocenters. The number of hydrogen-bond acceptors (Lipinski definition) is 2. The van der Waals surface area contributed by atoms with E-state index in [2.05, 4.69) is 37.9 Å². The van der Waals surface area contributed by atoms with Crippen molar-refractivity contribution in [1.29, 1.82) is 0 Å². The molecule has 1 aromatic heterocycles. The maximum atomic E-state index is 5.64. The maximum Gasteiger partial charge on any atom is 0.0598 e. The molecule has 0 N–H and O–H groups in total. The lowest BCUT2D eigenvalue weighted by atomic mass is 10.1. The monoisotopic (exact) mass is 193 g/mol. The second kappa shape index (κ2) is 5.11. The lowest BCUT2D eigenvalue weighted by Crippen LogP contribution is -2.19. The van der Waals surface area contributed by atoms with E-state index in [1.165, 1.54) is 5.56 Å². The van der Waals surface area contributed by atoms with Gasteiger partial charge >= 0.3 is 0 Å². The van der Waals surface area contributed by atoms with E-state index in [0.717, 1.165) is 19.4 Å². The Hall–Kier alpha value is -0.890. The van der Waals surface area contributed by atoms with Crippen molar-refractivity contribution in [2.24, 2.45) is 0 Å². The van der Waals surface area contributed by atoms with E-state index in [9.17, 15) is 0 Å². The fourth-order valence-corrected chi connectivity index (χ4v) is 1.20. The van der Waals surface area contributed by atoms with E-state index in [1.54, 1.807) is 0 Å². The third-order valence-electron chi connectivity index (χ3n) is 1.89. The zero-order chi connectivity index (χ0) is 10.4. The Labute approximate surface area is 86.3 Å². The van der Waals surface area contributed by atoms with Crippen molar-refractivity contribution in [1.82, 2.24) is 4.98 Å². The van der Waals surface area contributed by atoms with Gasteiger partial charge in [-0.1, -0.05) is 0 Å². The molecule has 0 atom stereocenters. The predicted octanol–water partition coefficient (Wildman–Crippen LogP) is 2.83. The standard InChI is InChI=1S/C12H19NO/c1-12(2,3)14-10-4-5-11-6-8-13-9-7-11/h6-9H,4-5,10H2,1-3H3. The summed E-state index contributed by atoms with van der Waals surface area (Å²) < 4.78 is 5.64. The van der Waals surface area contributed by atoms with E-state index in [-0.39, 0.29) is 5.60 Å². The highest BCUT2D eigenvalue weighted by atomic mass is 16.5. The second-order valence-corrected chi connectivity index (χ2v) is 4.42. The van der Waals surface area contributed by atoms with Crippen LogP contribution in [0.5, 0.6) is 0 Å². The molecule has 1 aromatic rings. The molecule has 14 heavy (non-hydrogen) atoms. The van der Waals surface area contributed by atoms with Crippen LogP contribution in [0.4, 0.5) is 0 Å². The van der Waals surface area contributed by atoms with Crippen LogP contribution < -0.4 is 0 Å². The smallest absolute Gasteiger partial charge is 0.0598 e. The summed E-state index contributed by atoms with van der Waals surface area (Å²) in [6.07, 6.45) is 5.81. The largest absolute Gasteiger partial charge is 0.376 e. The fourth-order valence-electron chi connectivity index (χ4n) is 1.20. The third kappa shape index (κ3) is 4.97. The van der Waals surface area contributed by atoms with E-state index in [4.69, 9.17) is 4.74 Å². The van der Waals surface area contributed by atoms with Gasteiger partial charge in [-0.3, -0.25) is 4.98 Å². The van der Waals surface area contributed by atoms with Gasteiger partial charge in [0.05, 0.1) is 5.60 Å². The van der Waals surface area contributed by atoms with Crippen LogP contribution in [0.15, 0.2) is 24.5 Å². The minimum absolute atomic E-state index is 0.0156. The van der Waals surface area contributed by atoms with Crippen molar-refractivity contribution in [3.8, 4) is 0 Å². The van der Waals surface area contributed by atoms with E-state index >= 15 is 0 Å². The third-order valence-corrected chi connectivity index (χ3v) is 1.89. The highest BCUT2D eigenvalue weighted by Gasteiger charge is 2.08. The molecular weight excluding hydrogens is 174 g/mol. The van der Waals surface area contributed by atoms with Crippen LogP contribution in [-0.4, -0.2) is 17.2 Å². The molecule has 1 rings (SSSR count). The van der Waals surface area contributed by atoms with Crippen molar-refractivity contribution in [3.63, 3.8) is 0 Å². The molecule has 0 aliphatic carbocycles. The van der Waals surface area contributed by atoms with Crippen LogP contribution in [0.1, 0.15) is 32.8 Å². The first-order valence-corrected chi connectivity index (χ1v) is 5.11. The predicted molar refractivity (Wildman–Crippen MR) is 58.3 cm³/mol. The Kier molecular flexibility index (Phi) is 4.08. The van der Waals surface area contributed by atoms with Crippen molar-refractivity contribution < 1.29 is 4.74 Å². The zero-order valence-corrected chi connectivity index (χ0v) is 9.29. The summed E-state index contributed by atoms with van der Waals surface area (Å²) in [6.45, 7) is 7.07. The topological polar surface area (TPSA) is 22.1 Å². The first-order chi connectivity index (χ1) is 6.58. The van der Waals surface area contributed by atoms with Gasteiger partial charge in [-0.15, -0.1) is 0 Å². The maximum absolute atomic E-state index is 5.64. The fraction of sp³-hybridized carbons (Fsp3) is 0.583. The van der Waals surface area contributed by atoms with Gasteiger partial charge in [0.15, 0.2) is 0 Å². The Morgan fingerprint density at radius 2 is 1.86 bits per heavy atom. The van der Waals surface area contributed by atoms with E-state index in [0.29, 0.717) is 0 Å². The normalized spacial score (nSPS) is 11.6. The Morgan fingerprint density at radius 1 is 1.21 bits per heavy atom. The van der Waals surface area contributed by atoms with Crippen LogP contribution >= 0.6 is 0 Å². The first kappa shape index (κ1) is 11.2. The molecule has 0 aliphatic rings. The van der Waals surface area contributed by atoms with Gasteiger partial charge in [-0.05, 0) is 51.3 Å². The SMILES string of the molecule is CC(C)(C)OCCCc1ccncc1. The van der Waals surface area contributed by atoms with Gasteiger partial charge in [0.2, 0.25) is 0 Å². The van der Waals surface area contributed by atoms with Gasteiger partial charge in [-0.25, -0.2) is 0 Å². The molecule has 2 nitrogen and oxygen atoms in total. The molecule has 1 heterocycles. The Morgan fingerprint density at radius 3 is 2.43 bits per heavy atom. The highest BCUT2D eigenvalue weighted by Crippen LogP contribution is 2.08. The van der Waals surface area contributed by atoms with Crippen molar-refractivity contribution in [2.75, 3.05) is 6.61 Å². The second-order valence-electron chi connectivity index (χ2n) is 4.42. The van der Waals surface area contributed by atoms with E-state index < -0.39 is 0 Å². The quantitative estimate of drug-likeness (QED) is 0.686. The van der Waals surface area contributed by atoms with Gasteiger partial charge in [-0.2, -0.15) is 0 Å². The lowest BCUT2D eigenvalue weighted by molar-refractivity contribution is -0.00384. The summed E-state index contributed by atoms with van der Waals surface area (Å²) in [4.78, 5) is 3.98. The minimum Gasteiger partial charge on any atom is -0.376 e. The minimum atomic E-state index is -0.0156. The Bertz CT molecular complexity index is 251. The molecule has 0 aliphatic heterocycles. The van der Waals surface area contributed by atoms with Gasteiger partial charge < -0.3 is 4.74 Å². The average molecular weight is 193 g/mol. The number of nitrogens with zero attached hydrogens (tertiary/aromatic N) is 1. The number of ether oxygens (including phenoxy) is 1. The summed E-state index contributed by atoms with van der Waals surface area (Å²) in [5, 5.41) is 0. The summed E-state index contributed by atoms with van der Waals surface area (Å²) in [6, 6.07) is 4.11. The number of aromatic nitrogens is 1.